The van der Waals surface area contributed by atoms with Crippen LogP contribution in [0.2, 0.25) is 0 Å². The molecule has 2 aromatic carbocycles. The lowest BCUT2D eigenvalue weighted by Gasteiger charge is -2.07. The van der Waals surface area contributed by atoms with Gasteiger partial charge in [0, 0.05) is 18.5 Å². The highest BCUT2D eigenvalue weighted by atomic mass is 32.2. The van der Waals surface area contributed by atoms with Crippen LogP contribution < -0.4 is 5.69 Å². The number of aryl methyl sites for hydroxylation is 2. The van der Waals surface area contributed by atoms with Gasteiger partial charge in [-0.3, -0.25) is 4.79 Å². The number of hydrogen-bond acceptors (Lipinski definition) is 4. The summed E-state index contributed by atoms with van der Waals surface area (Å²) in [5, 5.41) is 0. The minimum absolute atomic E-state index is 0.120. The molecule has 27 heavy (non-hydrogen) atoms. The molecule has 3 aromatic rings. The molecule has 0 saturated carbocycles. The summed E-state index contributed by atoms with van der Waals surface area (Å²) in [6.07, 6.45) is 1.83. The normalized spacial score (nSPS) is 11.6. The molecule has 0 fully saturated rings. The first-order valence-corrected chi connectivity index (χ1v) is 9.19. The highest BCUT2D eigenvalue weighted by Crippen LogP contribution is 2.17. The molecule has 9 heteroatoms. The van der Waals surface area contributed by atoms with Crippen LogP contribution in [-0.2, 0) is 10.0 Å². The second-order valence-electron chi connectivity index (χ2n) is 5.93. The molecule has 0 aliphatic rings. The van der Waals surface area contributed by atoms with Crippen molar-refractivity contribution in [3.63, 3.8) is 0 Å². The number of carbonyl (C=O) groups is 1. The van der Waals surface area contributed by atoms with Gasteiger partial charge in [-0.1, -0.05) is 6.07 Å². The highest BCUT2D eigenvalue weighted by Gasteiger charge is 2.24. The van der Waals surface area contributed by atoms with Crippen molar-refractivity contribution in [3.8, 4) is 0 Å². The molecule has 0 bridgehead atoms. The standard InChI is InChI=1S/C18H14F2N2O4S/c1-11-3-5-14(9-12(11)2)27(25,26)22-8-7-21(18(22)24)17(23)15-6-4-13(19)10-16(15)20/h3-10H,1-2H3. The van der Waals surface area contributed by atoms with Gasteiger partial charge in [-0.15, -0.1) is 0 Å². The van der Waals surface area contributed by atoms with Crippen LogP contribution in [0, 0.1) is 25.5 Å². The van der Waals surface area contributed by atoms with Crippen molar-refractivity contribution in [1.82, 2.24) is 8.54 Å². The molecule has 0 radical (unpaired) electrons. The summed E-state index contributed by atoms with van der Waals surface area (Å²) in [4.78, 5) is 24.7. The van der Waals surface area contributed by atoms with Gasteiger partial charge in [0.1, 0.15) is 11.6 Å². The van der Waals surface area contributed by atoms with E-state index in [0.29, 0.717) is 20.2 Å². The number of hydrogen-bond donors (Lipinski definition) is 0. The zero-order valence-corrected chi connectivity index (χ0v) is 15.1. The number of benzene rings is 2. The van der Waals surface area contributed by atoms with Gasteiger partial charge in [0.2, 0.25) is 0 Å². The third-order valence-corrected chi connectivity index (χ3v) is 5.81. The molecule has 0 aliphatic carbocycles. The van der Waals surface area contributed by atoms with Crippen molar-refractivity contribution >= 4 is 15.9 Å². The van der Waals surface area contributed by atoms with Gasteiger partial charge < -0.3 is 0 Å². The number of halogens is 2. The Morgan fingerprint density at radius 1 is 0.963 bits per heavy atom. The van der Waals surface area contributed by atoms with Crippen molar-refractivity contribution in [2.24, 2.45) is 0 Å². The van der Waals surface area contributed by atoms with E-state index in [1.807, 2.05) is 6.92 Å². The van der Waals surface area contributed by atoms with Crippen molar-refractivity contribution in [1.29, 1.82) is 0 Å². The summed E-state index contributed by atoms with van der Waals surface area (Å²) in [7, 11) is -4.24. The fourth-order valence-electron chi connectivity index (χ4n) is 2.48. The zero-order valence-electron chi connectivity index (χ0n) is 14.3. The quantitative estimate of drug-likeness (QED) is 0.686. The van der Waals surface area contributed by atoms with E-state index in [-0.39, 0.29) is 4.90 Å². The Balaban J connectivity index is 2.08. The van der Waals surface area contributed by atoms with Crippen LogP contribution in [0.1, 0.15) is 21.5 Å². The molecule has 1 aromatic heterocycles. The number of rotatable bonds is 3. The average Bonchev–Trinajstić information content (AvgIpc) is 2.99. The Morgan fingerprint density at radius 3 is 2.30 bits per heavy atom. The first-order chi connectivity index (χ1) is 12.6. The molecule has 0 N–H and O–H groups in total. The van der Waals surface area contributed by atoms with Gasteiger partial charge in [-0.25, -0.2) is 26.6 Å². The fourth-order valence-corrected chi connectivity index (χ4v) is 3.78. The second kappa shape index (κ2) is 6.58. The van der Waals surface area contributed by atoms with Crippen LogP contribution in [0.3, 0.4) is 0 Å². The molecule has 1 heterocycles. The van der Waals surface area contributed by atoms with Crippen molar-refractivity contribution < 1.29 is 22.0 Å². The van der Waals surface area contributed by atoms with Crippen LogP contribution >= 0.6 is 0 Å². The molecule has 0 atom stereocenters. The Bertz CT molecular complexity index is 1230. The minimum Gasteiger partial charge on any atom is -0.268 e. The predicted octanol–water partition coefficient (Wildman–Crippen LogP) is 2.47. The first-order valence-electron chi connectivity index (χ1n) is 7.75. The smallest absolute Gasteiger partial charge is 0.268 e. The fraction of sp³-hybridized carbons (Fsp3) is 0.111. The molecule has 0 amide bonds. The van der Waals surface area contributed by atoms with Gasteiger partial charge in [0.15, 0.2) is 0 Å². The molecule has 140 valence electrons. The van der Waals surface area contributed by atoms with E-state index in [4.69, 9.17) is 0 Å². The maximum Gasteiger partial charge on any atom is 0.349 e. The molecule has 6 nitrogen and oxygen atoms in total. The van der Waals surface area contributed by atoms with Gasteiger partial charge in [0.05, 0.1) is 10.5 Å². The Labute approximate surface area is 153 Å². The lowest BCUT2D eigenvalue weighted by Crippen LogP contribution is -2.33. The molecular formula is C18H14F2N2O4S. The lowest BCUT2D eigenvalue weighted by atomic mass is 10.1. The Hall–Kier alpha value is -3.07. The van der Waals surface area contributed by atoms with E-state index >= 15 is 0 Å². The van der Waals surface area contributed by atoms with Crippen molar-refractivity contribution in [2.45, 2.75) is 18.7 Å². The van der Waals surface area contributed by atoms with E-state index in [2.05, 4.69) is 0 Å². The first kappa shape index (κ1) is 18.7. The van der Waals surface area contributed by atoms with Crippen molar-refractivity contribution in [3.05, 3.63) is 87.6 Å². The maximum atomic E-state index is 13.8. The van der Waals surface area contributed by atoms with E-state index in [9.17, 15) is 26.8 Å². The van der Waals surface area contributed by atoms with Gasteiger partial charge in [-0.05, 0) is 49.2 Å². The summed E-state index contributed by atoms with van der Waals surface area (Å²) in [5.74, 6) is -3.14. The third kappa shape index (κ3) is 3.21. The molecule has 0 unspecified atom stereocenters. The van der Waals surface area contributed by atoms with Gasteiger partial charge >= 0.3 is 5.69 Å². The van der Waals surface area contributed by atoms with Crippen LogP contribution in [0.15, 0.2) is 58.5 Å². The molecular weight excluding hydrogens is 378 g/mol. The topological polar surface area (TPSA) is 78.1 Å². The van der Waals surface area contributed by atoms with Crippen LogP contribution in [0.25, 0.3) is 0 Å². The molecule has 0 spiro atoms. The monoisotopic (exact) mass is 392 g/mol. The van der Waals surface area contributed by atoms with E-state index in [0.717, 1.165) is 30.1 Å². The highest BCUT2D eigenvalue weighted by molar-refractivity contribution is 7.90. The maximum absolute atomic E-state index is 13.8. The second-order valence-corrected chi connectivity index (χ2v) is 7.74. The SMILES string of the molecule is Cc1ccc(S(=O)(=O)n2ccn(C(=O)c3ccc(F)cc3F)c2=O)cc1C. The third-order valence-electron chi connectivity index (χ3n) is 4.16. The number of nitrogens with zero attached hydrogens (tertiary/aromatic N) is 2. The molecule has 3 rings (SSSR count). The summed E-state index contributed by atoms with van der Waals surface area (Å²) in [5.41, 5.74) is -0.143. The number of imidazole rings is 1. The van der Waals surface area contributed by atoms with E-state index in [1.165, 1.54) is 12.1 Å². The molecule has 0 aliphatic heterocycles. The predicted molar refractivity (Wildman–Crippen MR) is 93.3 cm³/mol. The largest absolute Gasteiger partial charge is 0.349 e. The van der Waals surface area contributed by atoms with E-state index < -0.39 is 38.8 Å². The Morgan fingerprint density at radius 2 is 1.67 bits per heavy atom. The van der Waals surface area contributed by atoms with Crippen LogP contribution in [-0.4, -0.2) is 22.9 Å². The Kier molecular flexibility index (Phi) is 4.56. The average molecular weight is 392 g/mol. The van der Waals surface area contributed by atoms with Crippen molar-refractivity contribution in [2.75, 3.05) is 0 Å². The number of aromatic nitrogens is 2. The zero-order chi connectivity index (χ0) is 19.9. The van der Waals surface area contributed by atoms with E-state index in [1.54, 1.807) is 13.0 Å². The number of carbonyl (C=O) groups excluding carboxylic acids is 1. The lowest BCUT2D eigenvalue weighted by molar-refractivity contribution is 0.0952. The van der Waals surface area contributed by atoms with Crippen LogP contribution in [0.5, 0.6) is 0 Å². The summed E-state index contributed by atoms with van der Waals surface area (Å²) >= 11 is 0. The van der Waals surface area contributed by atoms with Gasteiger partial charge in [0.25, 0.3) is 15.9 Å². The minimum atomic E-state index is -4.24. The van der Waals surface area contributed by atoms with Gasteiger partial charge in [-0.2, -0.15) is 3.97 Å². The summed E-state index contributed by atoms with van der Waals surface area (Å²) in [6.45, 7) is 3.54. The summed E-state index contributed by atoms with van der Waals surface area (Å²) in [6, 6.07) is 6.61. The molecule has 0 saturated heterocycles. The van der Waals surface area contributed by atoms with Crippen LogP contribution in [0.4, 0.5) is 8.78 Å². The summed E-state index contributed by atoms with van der Waals surface area (Å²) < 4.78 is 53.1.